The van der Waals surface area contributed by atoms with Crippen molar-refractivity contribution in [3.63, 3.8) is 0 Å². The van der Waals surface area contributed by atoms with Crippen molar-refractivity contribution in [2.75, 3.05) is 0 Å². The number of rotatable bonds is 4. The van der Waals surface area contributed by atoms with E-state index in [9.17, 15) is 4.79 Å². The molecule has 15 heavy (non-hydrogen) atoms. The molecule has 1 saturated carbocycles. The minimum Gasteiger partial charge on any atom is -0.326 e. The number of hydrogen-bond donors (Lipinski definition) is 2. The number of nitrogens with one attached hydrogen (secondary N) is 2. The van der Waals surface area contributed by atoms with Crippen LogP contribution in [0, 0.1) is 0 Å². The van der Waals surface area contributed by atoms with Crippen LogP contribution in [0.2, 0.25) is 0 Å². The molecular weight excluding hydrogens is 188 g/mol. The molecule has 0 saturated heterocycles. The summed E-state index contributed by atoms with van der Waals surface area (Å²) in [5.74, 6) is 0.378. The molecular formula is C12H18N2O. The zero-order valence-corrected chi connectivity index (χ0v) is 9.34. The van der Waals surface area contributed by atoms with Gasteiger partial charge in [0.2, 0.25) is 0 Å². The SMILES string of the molecule is CC(C)c1ccc(CNC2CC2)c(=O)[nH]1. The second-order valence-corrected chi connectivity index (χ2v) is 4.58. The molecule has 1 heterocycles. The summed E-state index contributed by atoms with van der Waals surface area (Å²) in [5.41, 5.74) is 1.90. The van der Waals surface area contributed by atoms with E-state index in [1.54, 1.807) is 0 Å². The fourth-order valence-corrected chi connectivity index (χ4v) is 1.54. The largest absolute Gasteiger partial charge is 0.326 e. The van der Waals surface area contributed by atoms with E-state index < -0.39 is 0 Å². The Hall–Kier alpha value is -1.09. The van der Waals surface area contributed by atoms with E-state index in [1.165, 1.54) is 12.8 Å². The predicted octanol–water partition coefficient (Wildman–Crippen LogP) is 1.75. The van der Waals surface area contributed by atoms with E-state index in [0.29, 0.717) is 18.5 Å². The Balaban J connectivity index is 2.07. The van der Waals surface area contributed by atoms with Crippen LogP contribution >= 0.6 is 0 Å². The van der Waals surface area contributed by atoms with Crippen molar-refractivity contribution < 1.29 is 0 Å². The smallest absolute Gasteiger partial charge is 0.252 e. The van der Waals surface area contributed by atoms with Crippen molar-refractivity contribution in [3.8, 4) is 0 Å². The van der Waals surface area contributed by atoms with E-state index in [4.69, 9.17) is 0 Å². The maximum Gasteiger partial charge on any atom is 0.252 e. The number of aromatic nitrogens is 1. The molecule has 3 heteroatoms. The monoisotopic (exact) mass is 206 g/mol. The number of aromatic amines is 1. The fourth-order valence-electron chi connectivity index (χ4n) is 1.54. The third-order valence-corrected chi connectivity index (χ3v) is 2.79. The lowest BCUT2D eigenvalue weighted by Gasteiger charge is -2.07. The highest BCUT2D eigenvalue weighted by Gasteiger charge is 2.20. The van der Waals surface area contributed by atoms with Gasteiger partial charge in [0, 0.05) is 23.8 Å². The van der Waals surface area contributed by atoms with Crippen molar-refractivity contribution in [3.05, 3.63) is 33.7 Å². The third-order valence-electron chi connectivity index (χ3n) is 2.79. The van der Waals surface area contributed by atoms with Gasteiger partial charge in [0.15, 0.2) is 0 Å². The molecule has 1 fully saturated rings. The zero-order chi connectivity index (χ0) is 10.8. The average molecular weight is 206 g/mol. The van der Waals surface area contributed by atoms with Crippen molar-refractivity contribution in [2.24, 2.45) is 0 Å². The molecule has 0 aromatic carbocycles. The van der Waals surface area contributed by atoms with Gasteiger partial charge >= 0.3 is 0 Å². The Morgan fingerprint density at radius 1 is 1.47 bits per heavy atom. The summed E-state index contributed by atoms with van der Waals surface area (Å²) in [4.78, 5) is 14.6. The van der Waals surface area contributed by atoms with Crippen LogP contribution in [0.15, 0.2) is 16.9 Å². The molecule has 82 valence electrons. The molecule has 1 aromatic rings. The molecule has 0 unspecified atom stereocenters. The molecule has 2 N–H and O–H groups in total. The average Bonchev–Trinajstić information content (AvgIpc) is 2.99. The topological polar surface area (TPSA) is 44.9 Å². The van der Waals surface area contributed by atoms with Crippen LogP contribution in [-0.4, -0.2) is 11.0 Å². The maximum atomic E-state index is 11.7. The summed E-state index contributed by atoms with van der Waals surface area (Å²) in [7, 11) is 0. The number of hydrogen-bond acceptors (Lipinski definition) is 2. The van der Waals surface area contributed by atoms with Crippen LogP contribution in [0.5, 0.6) is 0 Å². The molecule has 1 aromatic heterocycles. The highest BCUT2D eigenvalue weighted by atomic mass is 16.1. The molecule has 0 spiro atoms. The van der Waals surface area contributed by atoms with Gasteiger partial charge in [-0.25, -0.2) is 0 Å². The van der Waals surface area contributed by atoms with Crippen LogP contribution in [0.4, 0.5) is 0 Å². The molecule has 1 aliphatic rings. The van der Waals surface area contributed by atoms with E-state index in [0.717, 1.165) is 11.3 Å². The van der Waals surface area contributed by atoms with Crippen LogP contribution in [-0.2, 0) is 6.54 Å². The number of H-pyrrole nitrogens is 1. The molecule has 2 rings (SSSR count). The summed E-state index contributed by atoms with van der Waals surface area (Å²) in [6, 6.07) is 4.59. The summed E-state index contributed by atoms with van der Waals surface area (Å²) in [6.07, 6.45) is 2.50. The molecule has 0 bridgehead atoms. The first kappa shape index (κ1) is 10.4. The highest BCUT2D eigenvalue weighted by Crippen LogP contribution is 2.19. The maximum absolute atomic E-state index is 11.7. The van der Waals surface area contributed by atoms with Gasteiger partial charge in [-0.3, -0.25) is 4.79 Å². The Bertz CT molecular complexity index is 391. The van der Waals surface area contributed by atoms with E-state index in [2.05, 4.69) is 24.1 Å². The van der Waals surface area contributed by atoms with Gasteiger partial charge in [-0.1, -0.05) is 19.9 Å². The lowest BCUT2D eigenvalue weighted by atomic mass is 10.1. The Kier molecular flexibility index (Phi) is 2.91. The van der Waals surface area contributed by atoms with Crippen LogP contribution in [0.25, 0.3) is 0 Å². The Labute approximate surface area is 89.9 Å². The Morgan fingerprint density at radius 2 is 2.20 bits per heavy atom. The first-order valence-electron chi connectivity index (χ1n) is 5.62. The van der Waals surface area contributed by atoms with Gasteiger partial charge in [0.25, 0.3) is 5.56 Å². The van der Waals surface area contributed by atoms with Crippen LogP contribution in [0.1, 0.15) is 43.9 Å². The number of pyridine rings is 1. The minimum absolute atomic E-state index is 0.0503. The minimum atomic E-state index is 0.0503. The van der Waals surface area contributed by atoms with Crippen LogP contribution in [0.3, 0.4) is 0 Å². The second kappa shape index (κ2) is 4.19. The van der Waals surface area contributed by atoms with Crippen molar-refractivity contribution >= 4 is 0 Å². The van der Waals surface area contributed by atoms with Crippen LogP contribution < -0.4 is 10.9 Å². The van der Waals surface area contributed by atoms with Gasteiger partial charge in [0.05, 0.1) is 0 Å². The lowest BCUT2D eigenvalue weighted by Crippen LogP contribution is -2.23. The van der Waals surface area contributed by atoms with Gasteiger partial charge in [-0.15, -0.1) is 0 Å². The second-order valence-electron chi connectivity index (χ2n) is 4.58. The molecule has 0 amide bonds. The van der Waals surface area contributed by atoms with Gasteiger partial charge in [-0.05, 0) is 24.8 Å². The zero-order valence-electron chi connectivity index (χ0n) is 9.34. The van der Waals surface area contributed by atoms with E-state index in [1.807, 2.05) is 12.1 Å². The first-order valence-corrected chi connectivity index (χ1v) is 5.62. The first-order chi connectivity index (χ1) is 7.16. The standard InChI is InChI=1S/C12H18N2O/c1-8(2)11-6-3-9(12(15)14-11)7-13-10-4-5-10/h3,6,8,10,13H,4-5,7H2,1-2H3,(H,14,15). The summed E-state index contributed by atoms with van der Waals surface area (Å²) in [6.45, 7) is 4.85. The van der Waals surface area contributed by atoms with Crippen molar-refractivity contribution in [2.45, 2.75) is 45.2 Å². The summed E-state index contributed by atoms with van der Waals surface area (Å²) < 4.78 is 0. The van der Waals surface area contributed by atoms with Gasteiger partial charge in [0.1, 0.15) is 0 Å². The van der Waals surface area contributed by atoms with Crippen molar-refractivity contribution in [1.82, 2.24) is 10.3 Å². The highest BCUT2D eigenvalue weighted by molar-refractivity contribution is 5.16. The molecule has 0 radical (unpaired) electrons. The molecule has 0 atom stereocenters. The summed E-state index contributed by atoms with van der Waals surface area (Å²) >= 11 is 0. The van der Waals surface area contributed by atoms with Gasteiger partial charge < -0.3 is 10.3 Å². The van der Waals surface area contributed by atoms with Crippen molar-refractivity contribution in [1.29, 1.82) is 0 Å². The summed E-state index contributed by atoms with van der Waals surface area (Å²) in [5, 5.41) is 3.34. The van der Waals surface area contributed by atoms with E-state index in [-0.39, 0.29) is 5.56 Å². The molecule has 1 aliphatic carbocycles. The fraction of sp³-hybridized carbons (Fsp3) is 0.583. The molecule has 3 nitrogen and oxygen atoms in total. The molecule has 0 aliphatic heterocycles. The normalized spacial score (nSPS) is 15.9. The quantitative estimate of drug-likeness (QED) is 0.788. The predicted molar refractivity (Wildman–Crippen MR) is 61.0 cm³/mol. The third kappa shape index (κ3) is 2.69. The Morgan fingerprint density at radius 3 is 2.73 bits per heavy atom. The van der Waals surface area contributed by atoms with E-state index >= 15 is 0 Å². The lowest BCUT2D eigenvalue weighted by molar-refractivity contribution is 0.679. The van der Waals surface area contributed by atoms with Gasteiger partial charge in [-0.2, -0.15) is 0 Å².